The molecule has 1 amide bonds. The molecule has 1 unspecified atom stereocenters. The molecule has 2 heterocycles. The highest BCUT2D eigenvalue weighted by Gasteiger charge is 2.31. The van der Waals surface area contributed by atoms with Gasteiger partial charge in [-0.05, 0) is 37.5 Å². The molecule has 0 saturated heterocycles. The van der Waals surface area contributed by atoms with Gasteiger partial charge in [0.1, 0.15) is 12.4 Å². The Morgan fingerprint density at radius 1 is 1.31 bits per heavy atom. The number of thioether (sulfide) groups is 1. The average Bonchev–Trinajstić information content (AvgIpc) is 3.38. The third-order valence-corrected chi connectivity index (χ3v) is 6.36. The largest absolute Gasteiger partial charge is 0.481 e. The second kappa shape index (κ2) is 9.28. The van der Waals surface area contributed by atoms with Crippen molar-refractivity contribution in [2.45, 2.75) is 43.1 Å². The monoisotopic (exact) mass is 463 g/mol. The van der Waals surface area contributed by atoms with Crippen molar-refractivity contribution in [3.63, 3.8) is 0 Å². The number of nitrogens with zero attached hydrogens (tertiary/aromatic N) is 2. The van der Waals surface area contributed by atoms with E-state index in [9.17, 15) is 22.8 Å². The van der Waals surface area contributed by atoms with E-state index in [2.05, 4.69) is 22.1 Å². The predicted octanol–water partition coefficient (Wildman–Crippen LogP) is 2.99. The summed E-state index contributed by atoms with van der Waals surface area (Å²) in [4.78, 5) is 29.6. The van der Waals surface area contributed by atoms with Crippen LogP contribution in [-0.4, -0.2) is 34.4 Å². The Bertz CT molecular complexity index is 1150. The van der Waals surface area contributed by atoms with Crippen LogP contribution >= 0.6 is 11.8 Å². The number of aromatic nitrogens is 2. The average molecular weight is 463 g/mol. The van der Waals surface area contributed by atoms with E-state index in [1.165, 1.54) is 23.9 Å². The first-order valence-electron chi connectivity index (χ1n) is 10.1. The SMILES string of the molecule is O=C(CC1CSc2nc3c(c(=O)n21)CCC3)NCC#CCOc1cccc(C(F)(F)F)c1. The Morgan fingerprint density at radius 3 is 2.97 bits per heavy atom. The van der Waals surface area contributed by atoms with Crippen LogP contribution in [0.3, 0.4) is 0 Å². The van der Waals surface area contributed by atoms with E-state index < -0.39 is 11.7 Å². The van der Waals surface area contributed by atoms with Crippen molar-refractivity contribution in [3.05, 3.63) is 51.4 Å². The van der Waals surface area contributed by atoms with E-state index >= 15 is 0 Å². The minimum Gasteiger partial charge on any atom is -0.481 e. The number of alkyl halides is 3. The van der Waals surface area contributed by atoms with E-state index in [0.717, 1.165) is 42.7 Å². The molecule has 1 N–H and O–H groups in total. The van der Waals surface area contributed by atoms with Gasteiger partial charge in [-0.25, -0.2) is 4.98 Å². The third kappa shape index (κ3) is 4.93. The first kappa shape index (κ1) is 22.3. The van der Waals surface area contributed by atoms with Crippen molar-refractivity contribution in [2.75, 3.05) is 18.9 Å². The molecule has 1 aliphatic carbocycles. The first-order chi connectivity index (χ1) is 15.3. The standard InChI is InChI=1S/C22H20F3N3O3S/c23-22(24,25)14-5-3-6-16(11-14)31-10-2-1-9-26-19(29)12-15-13-32-21-27-18-8-4-7-17(18)20(30)28(15)21/h3,5-6,11,15H,4,7-10,12-13H2,(H,26,29). The molecule has 1 aromatic carbocycles. The summed E-state index contributed by atoms with van der Waals surface area (Å²) in [7, 11) is 0. The van der Waals surface area contributed by atoms with Crippen LogP contribution in [0, 0.1) is 11.8 Å². The Labute approximate surface area is 186 Å². The van der Waals surface area contributed by atoms with Crippen molar-refractivity contribution in [1.29, 1.82) is 0 Å². The van der Waals surface area contributed by atoms with Crippen LogP contribution in [0.5, 0.6) is 5.75 Å². The number of halogens is 3. The number of benzene rings is 1. The maximum Gasteiger partial charge on any atom is 0.416 e. The maximum atomic E-state index is 12.7. The minimum absolute atomic E-state index is 0.0307. The number of hydrogen-bond donors (Lipinski definition) is 1. The molecule has 32 heavy (non-hydrogen) atoms. The summed E-state index contributed by atoms with van der Waals surface area (Å²) >= 11 is 1.49. The van der Waals surface area contributed by atoms with E-state index in [-0.39, 0.29) is 42.8 Å². The van der Waals surface area contributed by atoms with Gasteiger partial charge < -0.3 is 10.1 Å². The summed E-state index contributed by atoms with van der Waals surface area (Å²) in [6.07, 6.45) is -1.77. The summed E-state index contributed by atoms with van der Waals surface area (Å²) in [5.41, 5.74) is 0.840. The lowest BCUT2D eigenvalue weighted by Crippen LogP contribution is -2.32. The van der Waals surface area contributed by atoms with Crippen LogP contribution in [0.25, 0.3) is 0 Å². The van der Waals surface area contributed by atoms with Crippen LogP contribution in [0.1, 0.15) is 35.7 Å². The molecule has 1 aromatic heterocycles. The molecular formula is C22H20F3N3O3S. The Balaban J connectivity index is 1.25. The Hall–Kier alpha value is -2.93. The van der Waals surface area contributed by atoms with Gasteiger partial charge in [-0.2, -0.15) is 13.2 Å². The molecule has 2 aromatic rings. The molecule has 10 heteroatoms. The second-order valence-electron chi connectivity index (χ2n) is 7.46. The molecule has 0 bridgehead atoms. The lowest BCUT2D eigenvalue weighted by molar-refractivity contribution is -0.137. The van der Waals surface area contributed by atoms with Crippen molar-refractivity contribution < 1.29 is 22.7 Å². The molecule has 4 rings (SSSR count). The fraction of sp³-hybridized carbons (Fsp3) is 0.409. The number of nitrogens with one attached hydrogen (secondary N) is 1. The fourth-order valence-electron chi connectivity index (χ4n) is 3.73. The van der Waals surface area contributed by atoms with Crippen molar-refractivity contribution in [1.82, 2.24) is 14.9 Å². The zero-order valence-corrected chi connectivity index (χ0v) is 17.8. The molecule has 168 valence electrons. The van der Waals surface area contributed by atoms with Crippen LogP contribution in [0.4, 0.5) is 13.2 Å². The normalized spacial score (nSPS) is 16.7. The number of fused-ring (bicyclic) bond motifs is 2. The molecule has 0 radical (unpaired) electrons. The van der Waals surface area contributed by atoms with Gasteiger partial charge in [-0.15, -0.1) is 0 Å². The van der Waals surface area contributed by atoms with Crippen LogP contribution in [-0.2, 0) is 23.8 Å². The molecule has 0 saturated carbocycles. The number of hydrogen-bond acceptors (Lipinski definition) is 5. The topological polar surface area (TPSA) is 73.2 Å². The first-order valence-corrected chi connectivity index (χ1v) is 11.1. The summed E-state index contributed by atoms with van der Waals surface area (Å²) in [5, 5.41) is 3.36. The number of ether oxygens (including phenoxy) is 1. The quantitative estimate of drug-likeness (QED) is 0.545. The second-order valence-corrected chi connectivity index (χ2v) is 8.45. The summed E-state index contributed by atoms with van der Waals surface area (Å²) in [5.74, 6) is 5.82. The Morgan fingerprint density at radius 2 is 2.16 bits per heavy atom. The van der Waals surface area contributed by atoms with Crippen molar-refractivity contribution >= 4 is 17.7 Å². The van der Waals surface area contributed by atoms with Crippen molar-refractivity contribution in [3.8, 4) is 17.6 Å². The van der Waals surface area contributed by atoms with E-state index in [4.69, 9.17) is 4.74 Å². The number of carbonyl (C=O) groups is 1. The van der Waals surface area contributed by atoms with Crippen molar-refractivity contribution in [2.24, 2.45) is 0 Å². The smallest absolute Gasteiger partial charge is 0.416 e. The lowest BCUT2D eigenvalue weighted by Gasteiger charge is -2.13. The maximum absolute atomic E-state index is 12.7. The number of amides is 1. The van der Waals surface area contributed by atoms with Crippen LogP contribution < -0.4 is 15.6 Å². The zero-order chi connectivity index (χ0) is 22.7. The molecule has 2 aliphatic rings. The minimum atomic E-state index is -4.44. The summed E-state index contributed by atoms with van der Waals surface area (Å²) in [6, 6.07) is 4.32. The number of rotatable bonds is 5. The number of carbonyl (C=O) groups excluding carboxylic acids is 1. The van der Waals surface area contributed by atoms with E-state index in [0.29, 0.717) is 10.9 Å². The number of aryl methyl sites for hydroxylation is 1. The highest BCUT2D eigenvalue weighted by atomic mass is 32.2. The van der Waals surface area contributed by atoms with Gasteiger partial charge in [0.2, 0.25) is 5.91 Å². The van der Waals surface area contributed by atoms with Gasteiger partial charge >= 0.3 is 6.18 Å². The third-order valence-electron chi connectivity index (χ3n) is 5.26. The van der Waals surface area contributed by atoms with E-state index in [1.807, 2.05) is 0 Å². The molecule has 1 atom stereocenters. The molecule has 0 spiro atoms. The van der Waals surface area contributed by atoms with Gasteiger partial charge in [-0.3, -0.25) is 14.2 Å². The molecular weight excluding hydrogens is 443 g/mol. The van der Waals surface area contributed by atoms with E-state index in [1.54, 1.807) is 4.57 Å². The highest BCUT2D eigenvalue weighted by Crippen LogP contribution is 2.34. The van der Waals surface area contributed by atoms with Gasteiger partial charge in [0.05, 0.1) is 23.8 Å². The Kier molecular flexibility index (Phi) is 6.46. The summed E-state index contributed by atoms with van der Waals surface area (Å²) in [6.45, 7) is -0.0230. The summed E-state index contributed by atoms with van der Waals surface area (Å²) < 4.78 is 44.9. The zero-order valence-electron chi connectivity index (χ0n) is 17.0. The lowest BCUT2D eigenvalue weighted by atomic mass is 10.2. The molecule has 0 fully saturated rings. The van der Waals surface area contributed by atoms with Gasteiger partial charge in [0.25, 0.3) is 5.56 Å². The van der Waals surface area contributed by atoms with Gasteiger partial charge in [0, 0.05) is 17.7 Å². The van der Waals surface area contributed by atoms with Gasteiger partial charge in [-0.1, -0.05) is 29.7 Å². The van der Waals surface area contributed by atoms with Crippen LogP contribution in [0.2, 0.25) is 0 Å². The predicted molar refractivity (Wildman–Crippen MR) is 113 cm³/mol. The molecule has 1 aliphatic heterocycles. The fourth-order valence-corrected chi connectivity index (χ4v) is 4.88. The molecule has 6 nitrogen and oxygen atoms in total. The van der Waals surface area contributed by atoms with Gasteiger partial charge in [0.15, 0.2) is 5.16 Å². The van der Waals surface area contributed by atoms with Crippen LogP contribution in [0.15, 0.2) is 34.2 Å². The highest BCUT2D eigenvalue weighted by molar-refractivity contribution is 7.99.